The summed E-state index contributed by atoms with van der Waals surface area (Å²) in [4.78, 5) is 24.4. The second kappa shape index (κ2) is 6.22. The van der Waals surface area contributed by atoms with E-state index in [0.29, 0.717) is 27.3 Å². The van der Waals surface area contributed by atoms with E-state index < -0.39 is 0 Å². The molecule has 3 nitrogen and oxygen atoms in total. The number of hydrogen-bond donors (Lipinski definition) is 0. The molecule has 0 N–H and O–H groups in total. The first-order valence-corrected chi connectivity index (χ1v) is 8.00. The molecule has 0 spiro atoms. The Morgan fingerprint density at radius 1 is 1.14 bits per heavy atom. The zero-order chi connectivity index (χ0) is 15.7. The van der Waals surface area contributed by atoms with Crippen molar-refractivity contribution < 1.29 is 9.21 Å². The smallest absolute Gasteiger partial charge is 0.193 e. The minimum absolute atomic E-state index is 0.0253. The van der Waals surface area contributed by atoms with Crippen molar-refractivity contribution in [3.8, 4) is 0 Å². The first-order valence-electron chi connectivity index (χ1n) is 6.54. The number of halogens is 2. The molecule has 0 saturated carbocycles. The Balaban J connectivity index is 2.02. The third-order valence-corrected chi connectivity index (χ3v) is 4.13. The number of fused-ring (bicyclic) bond motifs is 1. The molecule has 3 aromatic rings. The lowest BCUT2D eigenvalue weighted by atomic mass is 10.1. The SMILES string of the molecule is O=C(Cc1cc(=O)c2cc(I)cc(Cl)c2o1)c1ccccc1. The van der Waals surface area contributed by atoms with Crippen molar-refractivity contribution in [3.05, 3.63) is 78.7 Å². The fourth-order valence-electron chi connectivity index (χ4n) is 2.20. The van der Waals surface area contributed by atoms with Gasteiger partial charge in [-0.25, -0.2) is 0 Å². The maximum Gasteiger partial charge on any atom is 0.193 e. The van der Waals surface area contributed by atoms with E-state index in [1.54, 1.807) is 36.4 Å². The van der Waals surface area contributed by atoms with E-state index in [1.807, 2.05) is 6.07 Å². The molecule has 0 saturated heterocycles. The van der Waals surface area contributed by atoms with Crippen molar-refractivity contribution in [1.82, 2.24) is 0 Å². The van der Waals surface area contributed by atoms with Crippen LogP contribution < -0.4 is 5.43 Å². The molecule has 2 aromatic carbocycles. The first kappa shape index (κ1) is 15.2. The summed E-state index contributed by atoms with van der Waals surface area (Å²) in [6.45, 7) is 0. The Labute approximate surface area is 145 Å². The molecule has 0 unspecified atom stereocenters. The highest BCUT2D eigenvalue weighted by Gasteiger charge is 2.13. The van der Waals surface area contributed by atoms with E-state index in [4.69, 9.17) is 16.0 Å². The molecule has 0 aliphatic rings. The molecule has 3 rings (SSSR count). The molecular weight excluding hydrogens is 415 g/mol. The van der Waals surface area contributed by atoms with Crippen LogP contribution >= 0.6 is 34.2 Å². The standard InChI is InChI=1S/C17H10ClIO3/c18-14-7-11(19)6-13-16(21)9-12(22-17(13)14)8-15(20)10-4-2-1-3-5-10/h1-7,9H,8H2. The average Bonchev–Trinajstić information content (AvgIpc) is 2.49. The minimum Gasteiger partial charge on any atom is -0.459 e. The largest absolute Gasteiger partial charge is 0.459 e. The van der Waals surface area contributed by atoms with Gasteiger partial charge < -0.3 is 4.42 Å². The second-order valence-electron chi connectivity index (χ2n) is 4.81. The van der Waals surface area contributed by atoms with Gasteiger partial charge in [0.15, 0.2) is 16.8 Å². The predicted molar refractivity (Wildman–Crippen MR) is 94.7 cm³/mol. The van der Waals surface area contributed by atoms with E-state index in [0.717, 1.165) is 3.57 Å². The van der Waals surface area contributed by atoms with Crippen LogP contribution in [-0.2, 0) is 6.42 Å². The van der Waals surface area contributed by atoms with Gasteiger partial charge in [-0.1, -0.05) is 41.9 Å². The molecule has 0 bridgehead atoms. The topological polar surface area (TPSA) is 47.3 Å². The molecule has 0 amide bonds. The highest BCUT2D eigenvalue weighted by atomic mass is 127. The van der Waals surface area contributed by atoms with E-state index in [2.05, 4.69) is 22.6 Å². The lowest BCUT2D eigenvalue weighted by molar-refractivity contribution is 0.0987. The zero-order valence-corrected chi connectivity index (χ0v) is 14.2. The molecule has 22 heavy (non-hydrogen) atoms. The fourth-order valence-corrected chi connectivity index (χ4v) is 3.27. The Bertz CT molecular complexity index is 916. The van der Waals surface area contributed by atoms with Gasteiger partial charge in [0.25, 0.3) is 0 Å². The molecule has 0 aliphatic carbocycles. The molecular formula is C17H10ClIO3. The molecule has 0 fully saturated rings. The van der Waals surface area contributed by atoms with Gasteiger partial charge in [0, 0.05) is 15.2 Å². The van der Waals surface area contributed by atoms with Crippen molar-refractivity contribution in [2.45, 2.75) is 6.42 Å². The van der Waals surface area contributed by atoms with Crippen molar-refractivity contribution in [1.29, 1.82) is 0 Å². The second-order valence-corrected chi connectivity index (χ2v) is 6.46. The molecule has 0 radical (unpaired) electrons. The van der Waals surface area contributed by atoms with Crippen LogP contribution in [0.2, 0.25) is 5.02 Å². The van der Waals surface area contributed by atoms with Crippen LogP contribution in [0.5, 0.6) is 0 Å². The predicted octanol–water partition coefficient (Wildman–Crippen LogP) is 4.48. The van der Waals surface area contributed by atoms with Gasteiger partial charge in [-0.3, -0.25) is 9.59 Å². The van der Waals surface area contributed by atoms with Gasteiger partial charge >= 0.3 is 0 Å². The number of hydrogen-bond acceptors (Lipinski definition) is 3. The summed E-state index contributed by atoms with van der Waals surface area (Å²) in [5.41, 5.74) is 0.710. The van der Waals surface area contributed by atoms with Gasteiger partial charge in [0.2, 0.25) is 0 Å². The van der Waals surface area contributed by atoms with Crippen molar-refractivity contribution in [3.63, 3.8) is 0 Å². The van der Waals surface area contributed by atoms with Gasteiger partial charge in [-0.05, 0) is 34.7 Å². The lowest BCUT2D eigenvalue weighted by Crippen LogP contribution is -2.08. The van der Waals surface area contributed by atoms with Gasteiger partial charge in [-0.2, -0.15) is 0 Å². The Hall–Kier alpha value is -1.66. The van der Waals surface area contributed by atoms with Crippen LogP contribution in [0.1, 0.15) is 16.1 Å². The molecule has 0 atom stereocenters. The van der Waals surface area contributed by atoms with E-state index in [-0.39, 0.29) is 17.6 Å². The zero-order valence-electron chi connectivity index (χ0n) is 11.3. The summed E-state index contributed by atoms with van der Waals surface area (Å²) in [6, 6.07) is 13.7. The molecule has 1 heterocycles. The van der Waals surface area contributed by atoms with Crippen LogP contribution in [0, 0.1) is 3.57 Å². The van der Waals surface area contributed by atoms with Gasteiger partial charge in [0.1, 0.15) is 5.76 Å². The van der Waals surface area contributed by atoms with Crippen LogP contribution in [0.15, 0.2) is 57.7 Å². The number of carbonyl (C=O) groups is 1. The van der Waals surface area contributed by atoms with Crippen molar-refractivity contribution in [2.24, 2.45) is 0 Å². The van der Waals surface area contributed by atoms with Crippen LogP contribution in [0.25, 0.3) is 11.0 Å². The molecule has 1 aromatic heterocycles. The van der Waals surface area contributed by atoms with E-state index in [1.165, 1.54) is 6.07 Å². The quantitative estimate of drug-likeness (QED) is 0.460. The number of ketones is 1. The number of rotatable bonds is 3. The normalized spacial score (nSPS) is 10.8. The van der Waals surface area contributed by atoms with Gasteiger partial charge in [0.05, 0.1) is 16.8 Å². The van der Waals surface area contributed by atoms with Crippen LogP contribution in [0.4, 0.5) is 0 Å². The number of benzene rings is 2. The maximum atomic E-state index is 12.2. The average molecular weight is 425 g/mol. The Kier molecular flexibility index (Phi) is 4.31. The molecule has 0 aliphatic heterocycles. The molecule has 5 heteroatoms. The lowest BCUT2D eigenvalue weighted by Gasteiger charge is -2.05. The Morgan fingerprint density at radius 3 is 2.59 bits per heavy atom. The summed E-state index contributed by atoms with van der Waals surface area (Å²) in [5, 5.41) is 0.792. The first-order chi connectivity index (χ1) is 10.5. The molecule has 110 valence electrons. The van der Waals surface area contributed by atoms with E-state index in [9.17, 15) is 9.59 Å². The third-order valence-electron chi connectivity index (χ3n) is 3.23. The summed E-state index contributed by atoms with van der Waals surface area (Å²) < 4.78 is 6.52. The number of Topliss-reactive ketones (excluding diaryl/α,β-unsaturated/α-hetero) is 1. The summed E-state index contributed by atoms with van der Waals surface area (Å²) in [6.07, 6.45) is 0.0253. The number of carbonyl (C=O) groups excluding carboxylic acids is 1. The summed E-state index contributed by atoms with van der Waals surface area (Å²) >= 11 is 8.22. The Morgan fingerprint density at radius 2 is 1.86 bits per heavy atom. The maximum absolute atomic E-state index is 12.2. The summed E-state index contributed by atoms with van der Waals surface area (Å²) in [5.74, 6) is 0.208. The van der Waals surface area contributed by atoms with Crippen molar-refractivity contribution in [2.75, 3.05) is 0 Å². The highest BCUT2D eigenvalue weighted by Crippen LogP contribution is 2.25. The fraction of sp³-hybridized carbons (Fsp3) is 0.0588. The minimum atomic E-state index is -0.197. The van der Waals surface area contributed by atoms with E-state index >= 15 is 0 Å². The third kappa shape index (κ3) is 3.08. The van der Waals surface area contributed by atoms with Gasteiger partial charge in [-0.15, -0.1) is 0 Å². The van der Waals surface area contributed by atoms with Crippen LogP contribution in [-0.4, -0.2) is 5.78 Å². The monoisotopic (exact) mass is 424 g/mol. The van der Waals surface area contributed by atoms with Crippen molar-refractivity contribution >= 4 is 50.9 Å². The highest BCUT2D eigenvalue weighted by molar-refractivity contribution is 14.1. The van der Waals surface area contributed by atoms with Crippen LogP contribution in [0.3, 0.4) is 0 Å². The summed E-state index contributed by atoms with van der Waals surface area (Å²) in [7, 11) is 0.